The molecule has 0 aliphatic rings. The minimum Gasteiger partial charge on any atom is -0.258 e. The van der Waals surface area contributed by atoms with Crippen molar-refractivity contribution in [3.8, 4) is 0 Å². The molecule has 0 aromatic carbocycles. The van der Waals surface area contributed by atoms with E-state index in [0.717, 1.165) is 0 Å². The van der Waals surface area contributed by atoms with Gasteiger partial charge in [0.05, 0.1) is 11.4 Å². The van der Waals surface area contributed by atoms with Crippen LogP contribution in [-0.2, 0) is 0 Å². The lowest BCUT2D eigenvalue weighted by atomic mass is 10.4. The zero-order valence-electron chi connectivity index (χ0n) is 7.55. The molecule has 2 heteroatoms. The predicted molar refractivity (Wildman–Crippen MR) is 31.5 cm³/mol. The Morgan fingerprint density at radius 1 is 1.38 bits per heavy atom. The summed E-state index contributed by atoms with van der Waals surface area (Å²) in [6, 6.07) is 0. The first kappa shape index (κ1) is 2.58. The summed E-state index contributed by atoms with van der Waals surface area (Å²) in [4.78, 5) is 7.55. The normalized spacial score (nSPS) is 16.4. The van der Waals surface area contributed by atoms with Gasteiger partial charge in [-0.05, 0) is 13.8 Å². The van der Waals surface area contributed by atoms with Gasteiger partial charge in [0, 0.05) is 16.5 Å². The van der Waals surface area contributed by atoms with E-state index in [0.29, 0.717) is 5.69 Å². The van der Waals surface area contributed by atoms with Crippen LogP contribution in [0.1, 0.15) is 15.5 Å². The van der Waals surface area contributed by atoms with Crippen LogP contribution in [0.25, 0.3) is 0 Å². The van der Waals surface area contributed by atoms with Crippen molar-refractivity contribution < 1.29 is 4.11 Å². The highest BCUT2D eigenvalue weighted by atomic mass is 14.8. The molecular weight excluding hydrogens is 100 g/mol. The summed E-state index contributed by atoms with van der Waals surface area (Å²) in [6.07, 6.45) is 2.86. The summed E-state index contributed by atoms with van der Waals surface area (Å²) in [6.45, 7) is -0.507. The van der Waals surface area contributed by atoms with Crippen LogP contribution in [0.5, 0.6) is 0 Å². The first-order valence-electron chi connectivity index (χ1n) is 3.80. The van der Waals surface area contributed by atoms with E-state index < -0.39 is 6.85 Å². The Kier molecular flexibility index (Phi) is 0.613. The molecule has 2 nitrogen and oxygen atoms in total. The van der Waals surface area contributed by atoms with Gasteiger partial charge in [-0.25, -0.2) is 0 Å². The zero-order valence-corrected chi connectivity index (χ0v) is 4.55. The van der Waals surface area contributed by atoms with Crippen LogP contribution in [0.3, 0.4) is 0 Å². The number of aryl methyl sites for hydroxylation is 2. The van der Waals surface area contributed by atoms with Crippen LogP contribution in [0.2, 0.25) is 0 Å². The molecule has 1 rings (SSSR count). The lowest BCUT2D eigenvalue weighted by Crippen LogP contribution is -1.87. The number of rotatable bonds is 0. The van der Waals surface area contributed by atoms with Gasteiger partial charge in [0.2, 0.25) is 0 Å². The largest absolute Gasteiger partial charge is 0.258 e. The van der Waals surface area contributed by atoms with Gasteiger partial charge in [-0.3, -0.25) is 9.97 Å². The van der Waals surface area contributed by atoms with Crippen LogP contribution >= 0.6 is 0 Å². The summed E-state index contributed by atoms with van der Waals surface area (Å²) >= 11 is 0. The van der Waals surface area contributed by atoms with E-state index in [-0.39, 0.29) is 5.69 Å². The summed E-state index contributed by atoms with van der Waals surface area (Å²) in [5, 5.41) is 0. The van der Waals surface area contributed by atoms with Crippen LogP contribution in [0.4, 0.5) is 0 Å². The standard InChI is InChI=1S/C6H8N2/c1-5-6(2)8-4-3-7-5/h3-4H,1-2H3/i1D3. The molecule has 0 fully saturated rings. The van der Waals surface area contributed by atoms with E-state index in [1.54, 1.807) is 6.92 Å². The van der Waals surface area contributed by atoms with Crippen molar-refractivity contribution in [1.29, 1.82) is 0 Å². The molecule has 1 heterocycles. The Labute approximate surface area is 52.8 Å². The van der Waals surface area contributed by atoms with Crippen molar-refractivity contribution in [3.05, 3.63) is 23.8 Å². The minimum atomic E-state index is -2.14. The maximum absolute atomic E-state index is 7.04. The van der Waals surface area contributed by atoms with E-state index in [4.69, 9.17) is 4.11 Å². The summed E-state index contributed by atoms with van der Waals surface area (Å²) in [7, 11) is 0. The fraction of sp³-hybridized carbons (Fsp3) is 0.333. The second-order valence-electron chi connectivity index (χ2n) is 1.49. The molecule has 1 aromatic rings. The molecule has 0 radical (unpaired) electrons. The molecule has 1 aromatic heterocycles. The summed E-state index contributed by atoms with van der Waals surface area (Å²) in [5.74, 6) is 0. The summed E-state index contributed by atoms with van der Waals surface area (Å²) < 4.78 is 21.1. The third-order valence-corrected chi connectivity index (χ3v) is 0.881. The highest BCUT2D eigenvalue weighted by Gasteiger charge is 1.87. The SMILES string of the molecule is [2H]C([2H])([2H])c1nccnc1C. The van der Waals surface area contributed by atoms with Crippen LogP contribution in [0, 0.1) is 13.8 Å². The van der Waals surface area contributed by atoms with E-state index in [1.807, 2.05) is 0 Å². The zero-order chi connectivity index (χ0) is 8.48. The maximum atomic E-state index is 7.04. The second kappa shape index (κ2) is 1.90. The van der Waals surface area contributed by atoms with Crippen molar-refractivity contribution in [2.75, 3.05) is 0 Å². The van der Waals surface area contributed by atoms with Crippen molar-refractivity contribution in [2.24, 2.45) is 0 Å². The van der Waals surface area contributed by atoms with Crippen LogP contribution < -0.4 is 0 Å². The highest BCUT2D eigenvalue weighted by molar-refractivity contribution is 5.04. The average molecular weight is 111 g/mol. The van der Waals surface area contributed by atoms with Gasteiger partial charge < -0.3 is 0 Å². The van der Waals surface area contributed by atoms with Gasteiger partial charge >= 0.3 is 0 Å². The molecule has 42 valence electrons. The molecule has 0 aliphatic carbocycles. The minimum absolute atomic E-state index is 0.0833. The van der Waals surface area contributed by atoms with Crippen LogP contribution in [0.15, 0.2) is 12.4 Å². The highest BCUT2D eigenvalue weighted by Crippen LogP contribution is 1.93. The average Bonchev–Trinajstić information content (AvgIpc) is 1.86. The van der Waals surface area contributed by atoms with Gasteiger partial charge in [0.1, 0.15) is 0 Å². The summed E-state index contributed by atoms with van der Waals surface area (Å²) in [5.41, 5.74) is 0.549. The molecule has 0 N–H and O–H groups in total. The van der Waals surface area contributed by atoms with Gasteiger partial charge in [-0.2, -0.15) is 0 Å². The van der Waals surface area contributed by atoms with Crippen molar-refractivity contribution >= 4 is 0 Å². The second-order valence-corrected chi connectivity index (χ2v) is 1.49. The Morgan fingerprint density at radius 2 is 2.00 bits per heavy atom. The van der Waals surface area contributed by atoms with E-state index in [1.165, 1.54) is 12.4 Å². The molecular formula is C6H8N2. The Bertz CT molecular complexity index is 256. The Morgan fingerprint density at radius 3 is 2.38 bits per heavy atom. The van der Waals surface area contributed by atoms with Crippen molar-refractivity contribution in [1.82, 2.24) is 9.97 Å². The molecule has 0 atom stereocenters. The Balaban J connectivity index is 3.14. The molecule has 0 spiro atoms. The smallest absolute Gasteiger partial charge is 0.0584 e. The first-order valence-corrected chi connectivity index (χ1v) is 2.30. The Hall–Kier alpha value is -0.920. The molecule has 0 amide bonds. The van der Waals surface area contributed by atoms with Crippen molar-refractivity contribution in [3.63, 3.8) is 0 Å². The van der Waals surface area contributed by atoms with Crippen LogP contribution in [-0.4, -0.2) is 9.97 Å². The van der Waals surface area contributed by atoms with E-state index in [2.05, 4.69) is 9.97 Å². The molecule has 0 saturated carbocycles. The molecule has 0 saturated heterocycles. The number of hydrogen-bond donors (Lipinski definition) is 0. The fourth-order valence-corrected chi connectivity index (χ4v) is 0.408. The predicted octanol–water partition coefficient (Wildman–Crippen LogP) is 1.09. The maximum Gasteiger partial charge on any atom is 0.0584 e. The number of nitrogens with zero attached hydrogens (tertiary/aromatic N) is 2. The van der Waals surface area contributed by atoms with Gasteiger partial charge in [-0.15, -0.1) is 0 Å². The van der Waals surface area contributed by atoms with Gasteiger partial charge in [0.15, 0.2) is 0 Å². The van der Waals surface area contributed by atoms with Gasteiger partial charge in [0.25, 0.3) is 0 Å². The van der Waals surface area contributed by atoms with E-state index in [9.17, 15) is 0 Å². The third-order valence-electron chi connectivity index (χ3n) is 0.881. The molecule has 0 unspecified atom stereocenters. The number of aromatic nitrogens is 2. The first-order chi connectivity index (χ1) is 5.02. The van der Waals surface area contributed by atoms with E-state index >= 15 is 0 Å². The topological polar surface area (TPSA) is 25.8 Å². The third kappa shape index (κ3) is 0.832. The number of hydrogen-bond acceptors (Lipinski definition) is 2. The molecule has 0 aliphatic heterocycles. The van der Waals surface area contributed by atoms with Gasteiger partial charge in [-0.1, -0.05) is 0 Å². The fourth-order valence-electron chi connectivity index (χ4n) is 0.408. The lowest BCUT2D eigenvalue weighted by Gasteiger charge is -1.91. The molecule has 0 bridgehead atoms. The quantitative estimate of drug-likeness (QED) is 0.501. The molecule has 8 heavy (non-hydrogen) atoms. The lowest BCUT2D eigenvalue weighted by molar-refractivity contribution is 1.05. The van der Waals surface area contributed by atoms with Crippen molar-refractivity contribution in [2.45, 2.75) is 13.8 Å². The monoisotopic (exact) mass is 111 g/mol.